The molecule has 0 bridgehead atoms. The molecule has 1 aliphatic heterocycles. The summed E-state index contributed by atoms with van der Waals surface area (Å²) >= 11 is 6.37. The molecule has 1 aliphatic rings. The van der Waals surface area contributed by atoms with Gasteiger partial charge in [-0.1, -0.05) is 11.6 Å². The van der Waals surface area contributed by atoms with E-state index in [0.717, 1.165) is 6.07 Å². The lowest BCUT2D eigenvalue weighted by atomic mass is 9.96. The number of carbonyl (C=O) groups is 1. The van der Waals surface area contributed by atoms with Crippen molar-refractivity contribution in [2.75, 3.05) is 13.1 Å². The van der Waals surface area contributed by atoms with E-state index in [0.29, 0.717) is 30.7 Å². The Morgan fingerprint density at radius 2 is 2.24 bits per heavy atom. The van der Waals surface area contributed by atoms with Gasteiger partial charge in [-0.2, -0.15) is 4.31 Å². The topological polar surface area (TPSA) is 97.6 Å². The highest BCUT2D eigenvalue weighted by molar-refractivity contribution is 7.91. The van der Waals surface area contributed by atoms with Crippen molar-refractivity contribution in [3.8, 4) is 0 Å². The number of piperidine rings is 1. The van der Waals surface area contributed by atoms with Gasteiger partial charge in [-0.05, 0) is 19.8 Å². The minimum atomic E-state index is -3.85. The van der Waals surface area contributed by atoms with Crippen LogP contribution in [-0.4, -0.2) is 36.5 Å². The zero-order chi connectivity index (χ0) is 15.8. The van der Waals surface area contributed by atoms with Crippen molar-refractivity contribution in [3.63, 3.8) is 0 Å². The molecule has 0 aliphatic carbocycles. The molecular formula is C11H13ClN2O5S2. The van der Waals surface area contributed by atoms with Crippen molar-refractivity contribution in [3.05, 3.63) is 20.5 Å². The smallest absolute Gasteiger partial charge is 0.300 e. The molecular weight excluding hydrogens is 340 g/mol. The van der Waals surface area contributed by atoms with Gasteiger partial charge in [0, 0.05) is 25.1 Å². The zero-order valence-corrected chi connectivity index (χ0v) is 13.5. The lowest BCUT2D eigenvalue weighted by Crippen LogP contribution is -2.41. The lowest BCUT2D eigenvalue weighted by molar-refractivity contribution is -0.384. The number of nitro groups is 1. The second kappa shape index (κ2) is 5.99. The third-order valence-electron chi connectivity index (χ3n) is 3.40. The maximum absolute atomic E-state index is 12.5. The van der Waals surface area contributed by atoms with E-state index in [1.807, 2.05) is 0 Å². The molecule has 1 aromatic rings. The molecule has 0 aromatic carbocycles. The Kier molecular flexibility index (Phi) is 4.66. The Balaban J connectivity index is 2.31. The first-order valence-electron chi connectivity index (χ1n) is 6.18. The Hall–Kier alpha value is -1.03. The molecule has 0 amide bonds. The molecule has 1 fully saturated rings. The van der Waals surface area contributed by atoms with Crippen LogP contribution in [0, 0.1) is 16.0 Å². The third-order valence-corrected chi connectivity index (χ3v) is 7.05. The van der Waals surface area contributed by atoms with Crippen LogP contribution in [0.25, 0.3) is 0 Å². The first-order valence-corrected chi connectivity index (χ1v) is 8.81. The van der Waals surface area contributed by atoms with E-state index in [-0.39, 0.29) is 26.8 Å². The molecule has 1 aromatic heterocycles. The van der Waals surface area contributed by atoms with E-state index < -0.39 is 20.6 Å². The predicted octanol–water partition coefficient (Wildman–Crippen LogP) is 2.30. The van der Waals surface area contributed by atoms with Gasteiger partial charge in [0.05, 0.1) is 4.92 Å². The fraction of sp³-hybridized carbons (Fsp3) is 0.545. The molecule has 0 spiro atoms. The first-order chi connectivity index (χ1) is 9.73. The SMILES string of the molecule is CC(=O)C1CCCN(S(=O)(=O)c2cc([N+](=O)[O-])c(Cl)s2)C1. The van der Waals surface area contributed by atoms with E-state index in [1.54, 1.807) is 0 Å². The van der Waals surface area contributed by atoms with Gasteiger partial charge in [0.1, 0.15) is 9.99 Å². The second-order valence-electron chi connectivity index (χ2n) is 4.79. The van der Waals surface area contributed by atoms with Crippen LogP contribution >= 0.6 is 22.9 Å². The number of hydrogen-bond acceptors (Lipinski definition) is 6. The van der Waals surface area contributed by atoms with Crippen LogP contribution in [-0.2, 0) is 14.8 Å². The molecule has 116 valence electrons. The van der Waals surface area contributed by atoms with Crippen molar-refractivity contribution in [2.24, 2.45) is 5.92 Å². The van der Waals surface area contributed by atoms with Crippen LogP contribution in [0.1, 0.15) is 19.8 Å². The minimum absolute atomic E-state index is 0.0508. The highest BCUT2D eigenvalue weighted by Crippen LogP contribution is 2.38. The molecule has 1 saturated heterocycles. The van der Waals surface area contributed by atoms with Gasteiger partial charge in [-0.3, -0.25) is 14.9 Å². The molecule has 0 saturated carbocycles. The summed E-state index contributed by atoms with van der Waals surface area (Å²) in [5.74, 6) is -0.371. The summed E-state index contributed by atoms with van der Waals surface area (Å²) in [5.41, 5.74) is -0.416. The quantitative estimate of drug-likeness (QED) is 0.611. The van der Waals surface area contributed by atoms with Crippen LogP contribution in [0.5, 0.6) is 0 Å². The van der Waals surface area contributed by atoms with Gasteiger partial charge >= 0.3 is 0 Å². The summed E-state index contributed by atoms with van der Waals surface area (Å²) in [4.78, 5) is 21.5. The van der Waals surface area contributed by atoms with E-state index >= 15 is 0 Å². The maximum atomic E-state index is 12.5. The number of halogens is 1. The van der Waals surface area contributed by atoms with Crippen LogP contribution in [0.4, 0.5) is 5.69 Å². The van der Waals surface area contributed by atoms with E-state index in [1.165, 1.54) is 11.2 Å². The third kappa shape index (κ3) is 3.25. The summed E-state index contributed by atoms with van der Waals surface area (Å²) in [6.45, 7) is 1.85. The Morgan fingerprint density at radius 1 is 1.57 bits per heavy atom. The molecule has 2 rings (SSSR count). The molecule has 10 heteroatoms. The summed E-state index contributed by atoms with van der Waals surface area (Å²) in [6.07, 6.45) is 1.25. The van der Waals surface area contributed by atoms with Crippen molar-refractivity contribution < 1.29 is 18.1 Å². The van der Waals surface area contributed by atoms with Crippen molar-refractivity contribution in [1.82, 2.24) is 4.31 Å². The summed E-state index contributed by atoms with van der Waals surface area (Å²) < 4.78 is 25.8. The number of hydrogen-bond donors (Lipinski definition) is 0. The number of carbonyl (C=O) groups excluding carboxylic acids is 1. The van der Waals surface area contributed by atoms with Crippen LogP contribution in [0.15, 0.2) is 10.3 Å². The zero-order valence-electron chi connectivity index (χ0n) is 11.1. The normalized spacial score (nSPS) is 20.4. The van der Waals surface area contributed by atoms with Crippen LogP contribution in [0.2, 0.25) is 4.34 Å². The number of nitrogens with zero attached hydrogens (tertiary/aromatic N) is 2. The fourth-order valence-corrected chi connectivity index (χ4v) is 5.55. The van der Waals surface area contributed by atoms with Crippen LogP contribution in [0.3, 0.4) is 0 Å². The van der Waals surface area contributed by atoms with Crippen molar-refractivity contribution >= 4 is 44.4 Å². The summed E-state index contributed by atoms with van der Waals surface area (Å²) in [7, 11) is -3.85. The summed E-state index contributed by atoms with van der Waals surface area (Å²) in [6, 6.07) is 0.972. The fourth-order valence-electron chi connectivity index (χ4n) is 2.21. The predicted molar refractivity (Wildman–Crippen MR) is 78.1 cm³/mol. The number of Topliss-reactive ketones (excluding diaryl/α,β-unsaturated/α-hetero) is 1. The summed E-state index contributed by atoms with van der Waals surface area (Å²) in [5, 5.41) is 10.8. The van der Waals surface area contributed by atoms with Crippen LogP contribution < -0.4 is 0 Å². The highest BCUT2D eigenvalue weighted by atomic mass is 35.5. The number of thiophene rings is 1. The number of ketones is 1. The van der Waals surface area contributed by atoms with Gasteiger partial charge in [0.15, 0.2) is 4.34 Å². The average molecular weight is 353 g/mol. The molecule has 0 radical (unpaired) electrons. The van der Waals surface area contributed by atoms with Gasteiger partial charge < -0.3 is 0 Å². The second-order valence-corrected chi connectivity index (χ2v) is 8.61. The molecule has 1 unspecified atom stereocenters. The molecule has 2 heterocycles. The molecule has 1 atom stereocenters. The van der Waals surface area contributed by atoms with Gasteiger partial charge in [0.2, 0.25) is 0 Å². The largest absolute Gasteiger partial charge is 0.300 e. The molecule has 0 N–H and O–H groups in total. The Morgan fingerprint density at radius 3 is 2.76 bits per heavy atom. The number of sulfonamides is 1. The minimum Gasteiger partial charge on any atom is -0.300 e. The van der Waals surface area contributed by atoms with Crippen molar-refractivity contribution in [2.45, 2.75) is 24.0 Å². The van der Waals surface area contributed by atoms with Gasteiger partial charge in [0.25, 0.3) is 15.7 Å². The van der Waals surface area contributed by atoms with E-state index in [9.17, 15) is 23.3 Å². The monoisotopic (exact) mass is 352 g/mol. The Labute approximate surface area is 130 Å². The first kappa shape index (κ1) is 16.3. The average Bonchev–Trinajstić information content (AvgIpc) is 2.82. The van der Waals surface area contributed by atoms with Gasteiger partial charge in [-0.25, -0.2) is 8.42 Å². The van der Waals surface area contributed by atoms with E-state index in [4.69, 9.17) is 11.6 Å². The molecule has 21 heavy (non-hydrogen) atoms. The Bertz CT molecular complexity index is 685. The standard InChI is InChI=1S/C11H13ClN2O5S2/c1-7(15)8-3-2-4-13(6-8)21(18,19)10-5-9(14(16)17)11(12)20-10/h5,8H,2-4,6H2,1H3. The van der Waals surface area contributed by atoms with Crippen molar-refractivity contribution in [1.29, 1.82) is 0 Å². The van der Waals surface area contributed by atoms with Gasteiger partial charge in [-0.15, -0.1) is 11.3 Å². The number of rotatable bonds is 4. The lowest BCUT2D eigenvalue weighted by Gasteiger charge is -2.30. The molecule has 7 nitrogen and oxygen atoms in total. The highest BCUT2D eigenvalue weighted by Gasteiger charge is 2.34. The maximum Gasteiger partial charge on any atom is 0.300 e. The van der Waals surface area contributed by atoms with E-state index in [2.05, 4.69) is 0 Å².